The monoisotopic (exact) mass is 228 g/mol. The molecule has 0 saturated carbocycles. The highest BCUT2D eigenvalue weighted by molar-refractivity contribution is 5.24. The maximum absolute atomic E-state index is 12.9. The van der Waals surface area contributed by atoms with Gasteiger partial charge >= 0.3 is 0 Å². The fourth-order valence-corrected chi connectivity index (χ4v) is 1.84. The second-order valence-corrected chi connectivity index (χ2v) is 4.12. The lowest BCUT2D eigenvalue weighted by Gasteiger charge is -2.17. The Balaban J connectivity index is 2.06. The molecule has 0 spiro atoms. The minimum Gasteiger partial charge on any atom is -0.487 e. The van der Waals surface area contributed by atoms with Gasteiger partial charge in [-0.3, -0.25) is 0 Å². The van der Waals surface area contributed by atoms with Crippen molar-refractivity contribution in [3.8, 4) is 5.75 Å². The Labute approximate surface area is 92.8 Å². The zero-order valence-corrected chi connectivity index (χ0v) is 8.99. The third-order valence-corrected chi connectivity index (χ3v) is 2.67. The smallest absolute Gasteiger partial charge is 0.162 e. The van der Waals surface area contributed by atoms with Crippen LogP contribution in [0, 0.1) is 11.6 Å². The summed E-state index contributed by atoms with van der Waals surface area (Å²) in [6.45, 7) is 1.44. The van der Waals surface area contributed by atoms with Crippen LogP contribution in [-0.2, 0) is 0 Å². The van der Waals surface area contributed by atoms with Crippen LogP contribution in [0.15, 0.2) is 18.2 Å². The second kappa shape index (κ2) is 4.35. The van der Waals surface area contributed by atoms with Crippen molar-refractivity contribution in [2.75, 3.05) is 20.1 Å². The molecule has 88 valence electrons. The van der Waals surface area contributed by atoms with Gasteiger partial charge in [-0.1, -0.05) is 0 Å². The molecule has 5 heteroatoms. The summed E-state index contributed by atoms with van der Waals surface area (Å²) in [6, 6.07) is 3.40. The minimum absolute atomic E-state index is 0.0990. The van der Waals surface area contributed by atoms with E-state index in [0.29, 0.717) is 12.3 Å². The van der Waals surface area contributed by atoms with E-state index >= 15 is 0 Å². The van der Waals surface area contributed by atoms with Gasteiger partial charge in [0.2, 0.25) is 0 Å². The van der Waals surface area contributed by atoms with Crippen LogP contribution in [0.4, 0.5) is 8.78 Å². The zero-order valence-electron chi connectivity index (χ0n) is 8.99. The highest BCUT2D eigenvalue weighted by Gasteiger charge is 2.29. The summed E-state index contributed by atoms with van der Waals surface area (Å²) in [5.41, 5.74) is 5.85. The molecule has 2 atom stereocenters. The highest BCUT2D eigenvalue weighted by Crippen LogP contribution is 2.19. The number of nitrogens with zero attached hydrogens (tertiary/aromatic N) is 1. The van der Waals surface area contributed by atoms with Gasteiger partial charge in [0.05, 0.1) is 6.04 Å². The van der Waals surface area contributed by atoms with Gasteiger partial charge in [-0.25, -0.2) is 8.78 Å². The van der Waals surface area contributed by atoms with Gasteiger partial charge < -0.3 is 15.4 Å². The molecule has 1 aliphatic heterocycles. The molecule has 0 aliphatic carbocycles. The van der Waals surface area contributed by atoms with Crippen LogP contribution in [-0.4, -0.2) is 37.2 Å². The van der Waals surface area contributed by atoms with Crippen molar-refractivity contribution in [2.24, 2.45) is 5.73 Å². The van der Waals surface area contributed by atoms with Crippen LogP contribution in [0.5, 0.6) is 5.75 Å². The molecule has 1 aliphatic rings. The number of hydrogen-bond acceptors (Lipinski definition) is 3. The first-order valence-electron chi connectivity index (χ1n) is 5.12. The normalized spacial score (nSPS) is 26.0. The lowest BCUT2D eigenvalue weighted by molar-refractivity contribution is 0.194. The Hall–Kier alpha value is -1.20. The van der Waals surface area contributed by atoms with Crippen LogP contribution in [0.3, 0.4) is 0 Å². The summed E-state index contributed by atoms with van der Waals surface area (Å²) in [7, 11) is 1.94. The fourth-order valence-electron chi connectivity index (χ4n) is 1.84. The number of rotatable bonds is 2. The number of nitrogens with two attached hydrogens (primary N) is 1. The highest BCUT2D eigenvalue weighted by atomic mass is 19.2. The topological polar surface area (TPSA) is 38.5 Å². The van der Waals surface area contributed by atoms with E-state index < -0.39 is 11.6 Å². The molecule has 0 bridgehead atoms. The molecule has 1 saturated heterocycles. The maximum atomic E-state index is 12.9. The molecule has 0 aromatic heterocycles. The number of benzene rings is 1. The number of halogens is 2. The summed E-state index contributed by atoms with van der Waals surface area (Å²) in [5.74, 6) is -1.47. The first-order chi connectivity index (χ1) is 7.56. The third-order valence-electron chi connectivity index (χ3n) is 2.67. The Morgan fingerprint density at radius 3 is 2.62 bits per heavy atom. The van der Waals surface area contributed by atoms with Crippen LogP contribution in [0.2, 0.25) is 0 Å². The van der Waals surface area contributed by atoms with E-state index in [1.165, 1.54) is 6.07 Å². The van der Waals surface area contributed by atoms with E-state index in [9.17, 15) is 8.78 Å². The molecule has 1 fully saturated rings. The zero-order chi connectivity index (χ0) is 11.7. The van der Waals surface area contributed by atoms with Gasteiger partial charge in [0, 0.05) is 19.2 Å². The van der Waals surface area contributed by atoms with Crippen LogP contribution >= 0.6 is 0 Å². The lowest BCUT2D eigenvalue weighted by atomic mass is 10.2. The lowest BCUT2D eigenvalue weighted by Crippen LogP contribution is -2.37. The average Bonchev–Trinajstić information content (AvgIpc) is 2.51. The van der Waals surface area contributed by atoms with Crippen molar-refractivity contribution in [3.05, 3.63) is 29.8 Å². The average molecular weight is 228 g/mol. The molecule has 1 aromatic rings. The molecule has 0 radical (unpaired) electrons. The van der Waals surface area contributed by atoms with Gasteiger partial charge in [0.25, 0.3) is 0 Å². The van der Waals surface area contributed by atoms with Crippen molar-refractivity contribution >= 4 is 0 Å². The molecule has 1 aromatic carbocycles. The standard InChI is InChI=1S/C11H14F2N2O/c1-15-5-10(14)11(6-15)16-7-2-3-8(12)9(13)4-7/h2-4,10-11H,5-6,14H2,1H3. The van der Waals surface area contributed by atoms with Gasteiger partial charge in [-0.2, -0.15) is 0 Å². The molecule has 2 rings (SSSR count). The predicted octanol–water partition coefficient (Wildman–Crippen LogP) is 0.985. The summed E-state index contributed by atoms with van der Waals surface area (Å²) in [5, 5.41) is 0. The first-order valence-corrected chi connectivity index (χ1v) is 5.12. The van der Waals surface area contributed by atoms with E-state index in [-0.39, 0.29) is 12.1 Å². The molecule has 16 heavy (non-hydrogen) atoms. The summed E-state index contributed by atoms with van der Waals surface area (Å²) >= 11 is 0. The fraction of sp³-hybridized carbons (Fsp3) is 0.455. The molecule has 2 unspecified atom stereocenters. The SMILES string of the molecule is CN1CC(N)C(Oc2ccc(F)c(F)c2)C1. The van der Waals surface area contributed by atoms with Crippen LogP contribution in [0.1, 0.15) is 0 Å². The molecule has 2 N–H and O–H groups in total. The van der Waals surface area contributed by atoms with E-state index in [0.717, 1.165) is 18.7 Å². The van der Waals surface area contributed by atoms with Crippen molar-refractivity contribution in [2.45, 2.75) is 12.1 Å². The van der Waals surface area contributed by atoms with E-state index in [2.05, 4.69) is 0 Å². The quantitative estimate of drug-likeness (QED) is 0.820. The summed E-state index contributed by atoms with van der Waals surface area (Å²) in [4.78, 5) is 2.04. The Morgan fingerprint density at radius 2 is 2.06 bits per heavy atom. The summed E-state index contributed by atoms with van der Waals surface area (Å²) in [6.07, 6.45) is -0.171. The third kappa shape index (κ3) is 2.31. The van der Waals surface area contributed by atoms with Crippen molar-refractivity contribution in [1.29, 1.82) is 0 Å². The largest absolute Gasteiger partial charge is 0.487 e. The number of hydrogen-bond donors (Lipinski definition) is 1. The van der Waals surface area contributed by atoms with Crippen LogP contribution < -0.4 is 10.5 Å². The molecule has 0 amide bonds. The molecular formula is C11H14F2N2O. The summed E-state index contributed by atoms with van der Waals surface area (Å²) < 4.78 is 31.1. The predicted molar refractivity (Wildman–Crippen MR) is 56.2 cm³/mol. The van der Waals surface area contributed by atoms with Gasteiger partial charge in [0.1, 0.15) is 11.9 Å². The Kier molecular flexibility index (Phi) is 3.07. The maximum Gasteiger partial charge on any atom is 0.162 e. The molecule has 1 heterocycles. The van der Waals surface area contributed by atoms with E-state index in [4.69, 9.17) is 10.5 Å². The Morgan fingerprint density at radius 1 is 1.31 bits per heavy atom. The van der Waals surface area contributed by atoms with Gasteiger partial charge in [-0.15, -0.1) is 0 Å². The van der Waals surface area contributed by atoms with Crippen molar-refractivity contribution in [1.82, 2.24) is 4.90 Å². The van der Waals surface area contributed by atoms with Crippen molar-refractivity contribution in [3.63, 3.8) is 0 Å². The second-order valence-electron chi connectivity index (χ2n) is 4.12. The first kappa shape index (κ1) is 11.3. The number of ether oxygens (including phenoxy) is 1. The number of likely N-dealkylation sites (N-methyl/N-ethyl adjacent to an activating group) is 1. The minimum atomic E-state index is -0.905. The van der Waals surface area contributed by atoms with Gasteiger partial charge in [0.15, 0.2) is 11.6 Å². The van der Waals surface area contributed by atoms with E-state index in [1.807, 2.05) is 11.9 Å². The molecular weight excluding hydrogens is 214 g/mol. The number of likely N-dealkylation sites (tertiary alicyclic amines) is 1. The van der Waals surface area contributed by atoms with Crippen LogP contribution in [0.25, 0.3) is 0 Å². The Bertz CT molecular complexity index is 386. The molecule has 3 nitrogen and oxygen atoms in total. The van der Waals surface area contributed by atoms with Crippen molar-refractivity contribution < 1.29 is 13.5 Å². The van der Waals surface area contributed by atoms with E-state index in [1.54, 1.807) is 0 Å². The van der Waals surface area contributed by atoms with Gasteiger partial charge in [-0.05, 0) is 19.2 Å².